The molecule has 0 spiro atoms. The molecule has 1 atom stereocenters. The smallest absolute Gasteiger partial charge is 0.315 e. The Bertz CT molecular complexity index is 366. The highest BCUT2D eigenvalue weighted by molar-refractivity contribution is 5.86. The molecule has 1 aliphatic carbocycles. The average Bonchev–Trinajstić information content (AvgIpc) is 2.30. The zero-order chi connectivity index (χ0) is 14.5. The maximum Gasteiger partial charge on any atom is 0.315 e. The molecule has 0 saturated heterocycles. The van der Waals surface area contributed by atoms with E-state index in [1.165, 1.54) is 7.05 Å². The van der Waals surface area contributed by atoms with Crippen LogP contribution in [-0.2, 0) is 9.59 Å². The van der Waals surface area contributed by atoms with Gasteiger partial charge in [0.2, 0.25) is 5.91 Å². The fourth-order valence-electron chi connectivity index (χ4n) is 2.21. The van der Waals surface area contributed by atoms with E-state index in [1.54, 1.807) is 6.92 Å². The van der Waals surface area contributed by atoms with Gasteiger partial charge in [0.15, 0.2) is 0 Å². The summed E-state index contributed by atoms with van der Waals surface area (Å²) in [6.07, 6.45) is 2.68. The third-order valence-electron chi connectivity index (χ3n) is 3.55. The average molecular weight is 271 g/mol. The van der Waals surface area contributed by atoms with Crippen molar-refractivity contribution in [2.75, 3.05) is 13.6 Å². The van der Waals surface area contributed by atoms with Crippen molar-refractivity contribution in [2.24, 2.45) is 5.41 Å². The highest BCUT2D eigenvalue weighted by Gasteiger charge is 2.39. The summed E-state index contributed by atoms with van der Waals surface area (Å²) in [4.78, 5) is 33.6. The number of nitrogens with one attached hydrogen (secondary N) is 3. The first-order valence-corrected chi connectivity index (χ1v) is 6.36. The van der Waals surface area contributed by atoms with Crippen molar-refractivity contribution in [1.82, 2.24) is 16.0 Å². The standard InChI is InChI=1S/C12H21N3O4/c1-8(10(18)13-2)15-11(19)14-7-12(4-3-5-12)6-9(16)17/h8H,3-7H2,1-2H3,(H,13,18)(H,16,17)(H2,14,15,19). The molecule has 0 aliphatic heterocycles. The summed E-state index contributed by atoms with van der Waals surface area (Å²) in [6.45, 7) is 1.90. The minimum absolute atomic E-state index is 0.0677. The number of carboxylic acids is 1. The maximum atomic E-state index is 11.6. The maximum absolute atomic E-state index is 11.6. The van der Waals surface area contributed by atoms with Gasteiger partial charge in [-0.2, -0.15) is 0 Å². The first-order chi connectivity index (χ1) is 8.88. The molecule has 1 aliphatic rings. The predicted octanol–water partition coefficient (Wildman–Crippen LogP) is 0.0651. The van der Waals surface area contributed by atoms with E-state index in [4.69, 9.17) is 5.11 Å². The van der Waals surface area contributed by atoms with Crippen molar-refractivity contribution < 1.29 is 19.5 Å². The van der Waals surface area contributed by atoms with Gasteiger partial charge in [-0.05, 0) is 25.2 Å². The number of rotatable bonds is 6. The van der Waals surface area contributed by atoms with Crippen LogP contribution < -0.4 is 16.0 Å². The highest BCUT2D eigenvalue weighted by atomic mass is 16.4. The van der Waals surface area contributed by atoms with Gasteiger partial charge in [0.05, 0.1) is 6.42 Å². The van der Waals surface area contributed by atoms with Crippen LogP contribution in [0.3, 0.4) is 0 Å². The van der Waals surface area contributed by atoms with Gasteiger partial charge >= 0.3 is 12.0 Å². The molecule has 19 heavy (non-hydrogen) atoms. The van der Waals surface area contributed by atoms with Crippen LogP contribution in [0.2, 0.25) is 0 Å². The Kier molecular flexibility index (Phi) is 5.14. The second-order valence-corrected chi connectivity index (χ2v) is 5.09. The summed E-state index contributed by atoms with van der Waals surface area (Å²) in [7, 11) is 1.49. The van der Waals surface area contributed by atoms with Crippen LogP contribution >= 0.6 is 0 Å². The number of carbonyl (C=O) groups is 3. The molecule has 0 aromatic rings. The minimum Gasteiger partial charge on any atom is -0.481 e. The topological polar surface area (TPSA) is 108 Å². The van der Waals surface area contributed by atoms with Crippen molar-refractivity contribution in [3.63, 3.8) is 0 Å². The zero-order valence-corrected chi connectivity index (χ0v) is 11.3. The lowest BCUT2D eigenvalue weighted by Gasteiger charge is -2.40. The number of carbonyl (C=O) groups excluding carboxylic acids is 2. The molecule has 0 heterocycles. The minimum atomic E-state index is -0.847. The first kappa shape index (κ1) is 15.3. The van der Waals surface area contributed by atoms with E-state index in [1.807, 2.05) is 0 Å². The Morgan fingerprint density at radius 3 is 2.37 bits per heavy atom. The Morgan fingerprint density at radius 1 is 1.32 bits per heavy atom. The van der Waals surface area contributed by atoms with Gasteiger partial charge in [0.1, 0.15) is 6.04 Å². The van der Waals surface area contributed by atoms with Crippen LogP contribution in [-0.4, -0.2) is 42.6 Å². The van der Waals surface area contributed by atoms with Crippen molar-refractivity contribution in [3.05, 3.63) is 0 Å². The molecule has 0 bridgehead atoms. The fraction of sp³-hybridized carbons (Fsp3) is 0.750. The molecular weight excluding hydrogens is 250 g/mol. The van der Waals surface area contributed by atoms with E-state index in [2.05, 4.69) is 16.0 Å². The Morgan fingerprint density at radius 2 is 1.95 bits per heavy atom. The molecule has 1 saturated carbocycles. The summed E-state index contributed by atoms with van der Waals surface area (Å²) in [5.74, 6) is -1.13. The van der Waals surface area contributed by atoms with Gasteiger partial charge in [-0.15, -0.1) is 0 Å². The number of amides is 3. The van der Waals surface area contributed by atoms with E-state index < -0.39 is 18.0 Å². The monoisotopic (exact) mass is 271 g/mol. The first-order valence-electron chi connectivity index (χ1n) is 6.36. The molecule has 108 valence electrons. The van der Waals surface area contributed by atoms with Crippen LogP contribution in [0.1, 0.15) is 32.6 Å². The largest absolute Gasteiger partial charge is 0.481 e. The van der Waals surface area contributed by atoms with E-state index >= 15 is 0 Å². The van der Waals surface area contributed by atoms with Crippen molar-refractivity contribution >= 4 is 17.9 Å². The molecule has 1 fully saturated rings. The lowest BCUT2D eigenvalue weighted by atomic mass is 9.66. The van der Waals surface area contributed by atoms with Gasteiger partial charge in [-0.3, -0.25) is 9.59 Å². The number of carboxylic acid groups (broad SMARTS) is 1. The van der Waals surface area contributed by atoms with Gasteiger partial charge in [0.25, 0.3) is 0 Å². The summed E-state index contributed by atoms with van der Waals surface area (Å²) in [5, 5.41) is 16.4. The lowest BCUT2D eigenvalue weighted by molar-refractivity contribution is -0.141. The zero-order valence-electron chi connectivity index (χ0n) is 11.3. The molecule has 0 aromatic heterocycles. The Balaban J connectivity index is 2.37. The number of urea groups is 1. The van der Waals surface area contributed by atoms with Crippen molar-refractivity contribution in [2.45, 2.75) is 38.6 Å². The van der Waals surface area contributed by atoms with Crippen molar-refractivity contribution in [3.8, 4) is 0 Å². The molecule has 4 N–H and O–H groups in total. The summed E-state index contributed by atoms with van der Waals surface area (Å²) >= 11 is 0. The second-order valence-electron chi connectivity index (χ2n) is 5.09. The van der Waals surface area contributed by atoms with Gasteiger partial charge < -0.3 is 21.1 Å². The third kappa shape index (κ3) is 4.42. The van der Waals surface area contributed by atoms with E-state index in [0.717, 1.165) is 19.3 Å². The summed E-state index contributed by atoms with van der Waals surface area (Å²) in [5.41, 5.74) is -0.320. The van der Waals surface area contributed by atoms with Crippen LogP contribution in [0, 0.1) is 5.41 Å². The fourth-order valence-corrected chi connectivity index (χ4v) is 2.21. The molecule has 7 nitrogen and oxygen atoms in total. The van der Waals surface area contributed by atoms with E-state index in [-0.39, 0.29) is 17.7 Å². The third-order valence-corrected chi connectivity index (χ3v) is 3.55. The number of aliphatic carboxylic acids is 1. The molecular formula is C12H21N3O4. The number of hydrogen-bond donors (Lipinski definition) is 4. The van der Waals surface area contributed by atoms with Crippen LogP contribution in [0.4, 0.5) is 4.79 Å². The van der Waals surface area contributed by atoms with Gasteiger partial charge in [-0.1, -0.05) is 6.42 Å². The normalized spacial score (nSPS) is 17.8. The van der Waals surface area contributed by atoms with Crippen LogP contribution in [0.25, 0.3) is 0 Å². The van der Waals surface area contributed by atoms with E-state index in [0.29, 0.717) is 6.54 Å². The van der Waals surface area contributed by atoms with E-state index in [9.17, 15) is 14.4 Å². The van der Waals surface area contributed by atoms with Crippen molar-refractivity contribution in [1.29, 1.82) is 0 Å². The lowest BCUT2D eigenvalue weighted by Crippen LogP contribution is -2.51. The highest BCUT2D eigenvalue weighted by Crippen LogP contribution is 2.43. The summed E-state index contributed by atoms with van der Waals surface area (Å²) < 4.78 is 0. The molecule has 3 amide bonds. The SMILES string of the molecule is CNC(=O)C(C)NC(=O)NCC1(CC(=O)O)CCC1. The molecule has 0 aromatic carbocycles. The van der Waals surface area contributed by atoms with Crippen LogP contribution in [0.15, 0.2) is 0 Å². The molecule has 1 unspecified atom stereocenters. The number of likely N-dealkylation sites (N-methyl/N-ethyl adjacent to an activating group) is 1. The number of hydrogen-bond acceptors (Lipinski definition) is 3. The molecule has 7 heteroatoms. The second kappa shape index (κ2) is 6.40. The van der Waals surface area contributed by atoms with Crippen LogP contribution in [0.5, 0.6) is 0 Å². The van der Waals surface area contributed by atoms with Gasteiger partial charge in [0, 0.05) is 13.6 Å². The Hall–Kier alpha value is -1.79. The molecule has 0 radical (unpaired) electrons. The predicted molar refractivity (Wildman–Crippen MR) is 68.6 cm³/mol. The van der Waals surface area contributed by atoms with Gasteiger partial charge in [-0.25, -0.2) is 4.79 Å². The quantitative estimate of drug-likeness (QED) is 0.548. The summed E-state index contributed by atoms with van der Waals surface area (Å²) in [6, 6.07) is -1.07. The molecule has 1 rings (SSSR count). The Labute approximate surface area is 112 Å².